The Morgan fingerprint density at radius 3 is 2.73 bits per heavy atom. The first kappa shape index (κ1) is 13.0. The van der Waals surface area contributed by atoms with Crippen LogP contribution in [0.4, 0.5) is 0 Å². The molecule has 0 heterocycles. The van der Waals surface area contributed by atoms with E-state index in [1.165, 1.54) is 0 Å². The molecule has 1 aromatic carbocycles. The summed E-state index contributed by atoms with van der Waals surface area (Å²) in [6, 6.07) is 5.51. The van der Waals surface area contributed by atoms with Crippen molar-refractivity contribution in [1.29, 1.82) is 0 Å². The molecule has 1 rings (SSSR count). The molecule has 80 valence electrons. The van der Waals surface area contributed by atoms with Gasteiger partial charge in [-0.05, 0) is 58.3 Å². The topological polar surface area (TPSA) is 17.1 Å². The van der Waals surface area contributed by atoms with Gasteiger partial charge in [0.1, 0.15) is 0 Å². The van der Waals surface area contributed by atoms with E-state index in [0.29, 0.717) is 11.4 Å². The molecule has 1 nitrogen and oxygen atoms in total. The van der Waals surface area contributed by atoms with Crippen LogP contribution in [0.2, 0.25) is 5.02 Å². The fourth-order valence-corrected chi connectivity index (χ4v) is 2.00. The molecule has 4 heteroatoms. The van der Waals surface area contributed by atoms with Crippen LogP contribution >= 0.6 is 45.8 Å². The third-order valence-corrected chi connectivity index (χ3v) is 3.86. The monoisotopic (exact) mass is 354 g/mol. The minimum Gasteiger partial charge on any atom is -0.281 e. The Bertz CT molecular complexity index is 390. The lowest BCUT2D eigenvalue weighted by Crippen LogP contribution is -2.05. The maximum atomic E-state index is 11.2. The number of rotatable bonds is 4. The molecule has 1 aromatic rings. The van der Waals surface area contributed by atoms with Gasteiger partial charge in [-0.1, -0.05) is 23.7 Å². The zero-order valence-corrected chi connectivity index (χ0v) is 11.5. The van der Waals surface area contributed by atoms with Crippen molar-refractivity contribution in [3.05, 3.63) is 45.0 Å². The van der Waals surface area contributed by atoms with Crippen molar-refractivity contribution in [1.82, 2.24) is 0 Å². The van der Waals surface area contributed by atoms with E-state index in [1.807, 2.05) is 12.1 Å². The molecule has 1 atom stereocenters. The molecule has 1 unspecified atom stereocenters. The van der Waals surface area contributed by atoms with E-state index in [1.54, 1.807) is 12.1 Å². The second kappa shape index (κ2) is 5.87. The van der Waals surface area contributed by atoms with Crippen molar-refractivity contribution < 1.29 is 4.79 Å². The molecule has 0 spiro atoms. The summed E-state index contributed by atoms with van der Waals surface area (Å²) in [6.07, 6.45) is 2.20. The van der Waals surface area contributed by atoms with Crippen molar-refractivity contribution in [2.75, 3.05) is 0 Å². The normalized spacial score (nSPS) is 12.2. The molecule has 15 heavy (non-hydrogen) atoms. The SMILES string of the molecule is C=CCC(C(=O)Cl)c1ccc(I)c(Cl)c1. The summed E-state index contributed by atoms with van der Waals surface area (Å²) in [6.45, 7) is 3.60. The lowest BCUT2D eigenvalue weighted by Gasteiger charge is -2.11. The summed E-state index contributed by atoms with van der Waals surface area (Å²) in [5, 5.41) is 0.257. The minimum atomic E-state index is -0.382. The molecular weight excluding hydrogens is 346 g/mol. The number of carbonyl (C=O) groups is 1. The zero-order valence-electron chi connectivity index (χ0n) is 7.84. The molecule has 0 bridgehead atoms. The van der Waals surface area contributed by atoms with E-state index >= 15 is 0 Å². The largest absolute Gasteiger partial charge is 0.281 e. The number of halogens is 3. The van der Waals surface area contributed by atoms with Gasteiger partial charge < -0.3 is 0 Å². The lowest BCUT2D eigenvalue weighted by atomic mass is 9.97. The van der Waals surface area contributed by atoms with Crippen molar-refractivity contribution in [2.45, 2.75) is 12.3 Å². The van der Waals surface area contributed by atoms with Crippen LogP contribution in [0.25, 0.3) is 0 Å². The summed E-state index contributed by atoms with van der Waals surface area (Å²) >= 11 is 13.6. The first-order valence-corrected chi connectivity index (χ1v) is 6.15. The van der Waals surface area contributed by atoms with Crippen LogP contribution in [0.5, 0.6) is 0 Å². The van der Waals surface area contributed by atoms with E-state index in [2.05, 4.69) is 29.2 Å². The van der Waals surface area contributed by atoms with Gasteiger partial charge in [-0.15, -0.1) is 6.58 Å². The molecule has 0 radical (unpaired) electrons. The quantitative estimate of drug-likeness (QED) is 0.445. The van der Waals surface area contributed by atoms with Crippen molar-refractivity contribution in [2.24, 2.45) is 0 Å². The van der Waals surface area contributed by atoms with Gasteiger partial charge in [-0.2, -0.15) is 0 Å². The second-order valence-electron chi connectivity index (χ2n) is 3.05. The van der Waals surface area contributed by atoms with Crippen LogP contribution in [0.3, 0.4) is 0 Å². The maximum Gasteiger partial charge on any atom is 0.229 e. The highest BCUT2D eigenvalue weighted by atomic mass is 127. The highest BCUT2D eigenvalue weighted by Gasteiger charge is 2.17. The number of hydrogen-bond donors (Lipinski definition) is 0. The van der Waals surface area contributed by atoms with Crippen LogP contribution < -0.4 is 0 Å². The van der Waals surface area contributed by atoms with Crippen LogP contribution in [0, 0.1) is 3.57 Å². The maximum absolute atomic E-state index is 11.2. The van der Waals surface area contributed by atoms with Gasteiger partial charge in [-0.25, -0.2) is 0 Å². The lowest BCUT2D eigenvalue weighted by molar-refractivity contribution is -0.112. The third kappa shape index (κ3) is 3.47. The predicted molar refractivity (Wildman–Crippen MR) is 72.6 cm³/mol. The van der Waals surface area contributed by atoms with Gasteiger partial charge in [0, 0.05) is 3.57 Å². The Morgan fingerprint density at radius 2 is 2.27 bits per heavy atom. The van der Waals surface area contributed by atoms with Crippen LogP contribution in [-0.4, -0.2) is 5.24 Å². The van der Waals surface area contributed by atoms with Gasteiger partial charge >= 0.3 is 0 Å². The van der Waals surface area contributed by atoms with Crippen LogP contribution in [0.1, 0.15) is 17.9 Å². The summed E-state index contributed by atoms with van der Waals surface area (Å²) in [5.41, 5.74) is 0.834. The highest BCUT2D eigenvalue weighted by Crippen LogP contribution is 2.28. The highest BCUT2D eigenvalue weighted by molar-refractivity contribution is 14.1. The van der Waals surface area contributed by atoms with E-state index in [9.17, 15) is 4.79 Å². The van der Waals surface area contributed by atoms with E-state index in [-0.39, 0.29) is 11.2 Å². The average molecular weight is 355 g/mol. The average Bonchev–Trinajstić information content (AvgIpc) is 2.18. The summed E-state index contributed by atoms with van der Waals surface area (Å²) < 4.78 is 0.956. The summed E-state index contributed by atoms with van der Waals surface area (Å²) in [5.74, 6) is -0.348. The standard InChI is InChI=1S/C11H9Cl2IO/c1-2-3-8(11(13)15)7-4-5-10(14)9(12)6-7/h2,4-6,8H,1,3H2. The fourth-order valence-electron chi connectivity index (χ4n) is 1.26. The van der Waals surface area contributed by atoms with E-state index in [4.69, 9.17) is 23.2 Å². The Kier molecular flexibility index (Phi) is 5.09. The first-order valence-electron chi connectivity index (χ1n) is 4.31. The molecule has 0 aliphatic heterocycles. The molecule has 0 aliphatic rings. The van der Waals surface area contributed by atoms with E-state index < -0.39 is 0 Å². The number of carbonyl (C=O) groups excluding carboxylic acids is 1. The van der Waals surface area contributed by atoms with Crippen LogP contribution in [-0.2, 0) is 4.79 Å². The summed E-state index contributed by atoms with van der Waals surface area (Å²) in [7, 11) is 0. The smallest absolute Gasteiger partial charge is 0.229 e. The number of allylic oxidation sites excluding steroid dienone is 1. The molecule has 0 N–H and O–H groups in total. The molecular formula is C11H9Cl2IO. The fraction of sp³-hybridized carbons (Fsp3) is 0.182. The second-order valence-corrected chi connectivity index (χ2v) is 5.00. The molecule has 0 saturated carbocycles. The first-order chi connectivity index (χ1) is 7.06. The Hall–Kier alpha value is -0.0600. The Balaban J connectivity index is 3.06. The molecule has 0 aliphatic carbocycles. The van der Waals surface area contributed by atoms with Gasteiger partial charge in [0.15, 0.2) is 0 Å². The van der Waals surface area contributed by atoms with E-state index in [0.717, 1.165) is 9.13 Å². The molecule has 0 aromatic heterocycles. The molecule has 0 amide bonds. The zero-order chi connectivity index (χ0) is 11.4. The van der Waals surface area contributed by atoms with Crippen molar-refractivity contribution in [3.8, 4) is 0 Å². The minimum absolute atomic E-state index is 0.348. The van der Waals surface area contributed by atoms with Crippen LogP contribution in [0.15, 0.2) is 30.9 Å². The molecule has 0 fully saturated rings. The predicted octanol–water partition coefficient (Wildman–Crippen LogP) is 4.37. The number of benzene rings is 1. The van der Waals surface area contributed by atoms with Gasteiger partial charge in [0.2, 0.25) is 5.24 Å². The van der Waals surface area contributed by atoms with Gasteiger partial charge in [-0.3, -0.25) is 4.79 Å². The van der Waals surface area contributed by atoms with Crippen molar-refractivity contribution >= 4 is 51.0 Å². The summed E-state index contributed by atoms with van der Waals surface area (Å²) in [4.78, 5) is 11.2. The van der Waals surface area contributed by atoms with Gasteiger partial charge in [0.25, 0.3) is 0 Å². The number of hydrogen-bond acceptors (Lipinski definition) is 1. The third-order valence-electron chi connectivity index (χ3n) is 2.02. The Labute approximate surface area is 113 Å². The van der Waals surface area contributed by atoms with Gasteiger partial charge in [0.05, 0.1) is 10.9 Å². The Morgan fingerprint density at radius 1 is 1.60 bits per heavy atom. The van der Waals surface area contributed by atoms with Crippen molar-refractivity contribution in [3.63, 3.8) is 0 Å². The molecule has 0 saturated heterocycles.